The van der Waals surface area contributed by atoms with E-state index >= 15 is 0 Å². The van der Waals surface area contributed by atoms with E-state index in [4.69, 9.17) is 9.84 Å². The Bertz CT molecular complexity index is 1030. The van der Waals surface area contributed by atoms with Crippen LogP contribution < -0.4 is 4.74 Å². The van der Waals surface area contributed by atoms with Gasteiger partial charge in [-0.15, -0.1) is 11.8 Å². The predicted octanol–water partition coefficient (Wildman–Crippen LogP) is 5.41. The lowest BCUT2D eigenvalue weighted by Gasteiger charge is -2.28. The number of thioether (sulfide) groups is 1. The second kappa shape index (κ2) is 7.02. The van der Waals surface area contributed by atoms with E-state index in [0.717, 1.165) is 24.5 Å². The number of hydrazone groups is 1. The molecule has 140 valence electrons. The normalized spacial score (nSPS) is 20.3. The highest BCUT2D eigenvalue weighted by molar-refractivity contribution is 8.03. The Hall–Kier alpha value is -2.72. The maximum absolute atomic E-state index is 5.28. The zero-order chi connectivity index (χ0) is 19.1. The third kappa shape index (κ3) is 2.89. The minimum atomic E-state index is 0.123. The number of nitrogens with zero attached hydrogens (tertiary/aromatic N) is 2. The smallest absolute Gasteiger partial charge is 0.118 e. The highest BCUT2D eigenvalue weighted by atomic mass is 32.2. The Labute approximate surface area is 170 Å². The van der Waals surface area contributed by atoms with E-state index in [1.807, 2.05) is 23.9 Å². The zero-order valence-corrected chi connectivity index (χ0v) is 16.7. The lowest BCUT2D eigenvalue weighted by molar-refractivity contribution is 0.266. The van der Waals surface area contributed by atoms with Crippen LogP contribution in [0.5, 0.6) is 5.75 Å². The van der Waals surface area contributed by atoms with Crippen molar-refractivity contribution in [1.29, 1.82) is 0 Å². The molecule has 1 atom stereocenters. The summed E-state index contributed by atoms with van der Waals surface area (Å²) in [5.41, 5.74) is 7.79. The van der Waals surface area contributed by atoms with Crippen molar-refractivity contribution in [2.45, 2.75) is 24.8 Å². The number of hydrogen-bond donors (Lipinski definition) is 0. The average Bonchev–Trinajstić information content (AvgIpc) is 3.08. The fourth-order valence-electron chi connectivity index (χ4n) is 4.16. The lowest BCUT2D eigenvalue weighted by atomic mass is 9.91. The summed E-state index contributed by atoms with van der Waals surface area (Å²) >= 11 is 1.93. The van der Waals surface area contributed by atoms with Gasteiger partial charge in [0.05, 0.1) is 25.9 Å². The molecule has 4 heteroatoms. The quantitative estimate of drug-likeness (QED) is 0.660. The Morgan fingerprint density at radius 1 is 1.18 bits per heavy atom. The van der Waals surface area contributed by atoms with Crippen LogP contribution >= 0.6 is 11.8 Å². The first-order chi connectivity index (χ1) is 13.7. The topological polar surface area (TPSA) is 24.8 Å². The Morgan fingerprint density at radius 2 is 2.00 bits per heavy atom. The largest absolute Gasteiger partial charge is 0.497 e. The number of methoxy groups -OCH3 is 1. The molecular weight excluding hydrogens is 364 g/mol. The van der Waals surface area contributed by atoms with Crippen molar-refractivity contribution >= 4 is 23.5 Å². The molecule has 2 aromatic rings. The van der Waals surface area contributed by atoms with Gasteiger partial charge in [-0.1, -0.05) is 49.1 Å². The summed E-state index contributed by atoms with van der Waals surface area (Å²) in [7, 11) is 1.69. The molecule has 3 nitrogen and oxygen atoms in total. The summed E-state index contributed by atoms with van der Waals surface area (Å²) in [4.78, 5) is 1.37. The number of hydrogen-bond acceptors (Lipinski definition) is 4. The number of allylic oxidation sites excluding steroid dienone is 2. The number of benzene rings is 2. The average molecular weight is 387 g/mol. The fraction of sp³-hybridized carbons (Fsp3) is 0.208. The maximum Gasteiger partial charge on any atom is 0.118 e. The van der Waals surface area contributed by atoms with Gasteiger partial charge in [-0.3, -0.25) is 5.01 Å². The first-order valence-electron chi connectivity index (χ1n) is 9.51. The molecule has 2 aliphatic heterocycles. The predicted molar refractivity (Wildman–Crippen MR) is 117 cm³/mol. The van der Waals surface area contributed by atoms with E-state index in [1.165, 1.54) is 38.3 Å². The highest BCUT2D eigenvalue weighted by Crippen LogP contribution is 2.47. The second-order valence-corrected chi connectivity index (χ2v) is 8.32. The SMILES string of the molecule is C=C1CC=C2SCc3ccccc3C2=C2C=NN(Cc3ccc(OC)cc3)C12. The number of ether oxygens (including phenoxy) is 1. The maximum atomic E-state index is 5.28. The molecule has 0 N–H and O–H groups in total. The van der Waals surface area contributed by atoms with E-state index < -0.39 is 0 Å². The van der Waals surface area contributed by atoms with E-state index in [2.05, 4.69) is 60.3 Å². The molecule has 3 aliphatic rings. The van der Waals surface area contributed by atoms with Crippen LogP contribution in [0.15, 0.2) is 82.3 Å². The number of rotatable bonds is 3. The molecular formula is C24H22N2OS. The van der Waals surface area contributed by atoms with Crippen molar-refractivity contribution in [2.24, 2.45) is 5.10 Å². The van der Waals surface area contributed by atoms with Crippen molar-refractivity contribution in [2.75, 3.05) is 7.11 Å². The molecule has 1 aliphatic carbocycles. The molecule has 2 heterocycles. The third-order valence-electron chi connectivity index (χ3n) is 5.58. The standard InChI is InChI=1S/C24H22N2OS/c1-16-7-12-22-23(20-6-4-3-5-18(20)15-28-22)21-13-25-26(24(16)21)14-17-8-10-19(27-2)11-9-17/h3-6,8-13,24H,1,7,14-15H2,2H3. The first-order valence-corrected chi connectivity index (χ1v) is 10.5. The zero-order valence-electron chi connectivity index (χ0n) is 15.9. The van der Waals surface area contributed by atoms with Gasteiger partial charge < -0.3 is 4.74 Å². The van der Waals surface area contributed by atoms with Crippen LogP contribution in [0, 0.1) is 0 Å². The van der Waals surface area contributed by atoms with Crippen LogP contribution in [0.2, 0.25) is 0 Å². The van der Waals surface area contributed by atoms with E-state index in [-0.39, 0.29) is 6.04 Å². The van der Waals surface area contributed by atoms with Crippen LogP contribution in [-0.4, -0.2) is 24.4 Å². The summed E-state index contributed by atoms with van der Waals surface area (Å²) < 4.78 is 5.28. The van der Waals surface area contributed by atoms with E-state index in [9.17, 15) is 0 Å². The Kier molecular flexibility index (Phi) is 4.36. The van der Waals surface area contributed by atoms with Crippen molar-refractivity contribution in [3.05, 3.63) is 93.9 Å². The molecule has 0 aromatic heterocycles. The minimum Gasteiger partial charge on any atom is -0.497 e. The molecule has 28 heavy (non-hydrogen) atoms. The van der Waals surface area contributed by atoms with Crippen LogP contribution in [0.3, 0.4) is 0 Å². The van der Waals surface area contributed by atoms with Gasteiger partial charge in [0.15, 0.2) is 0 Å². The third-order valence-corrected chi connectivity index (χ3v) is 6.72. The van der Waals surface area contributed by atoms with Crippen LogP contribution in [0.1, 0.15) is 23.1 Å². The van der Waals surface area contributed by atoms with Gasteiger partial charge in [0, 0.05) is 21.8 Å². The molecule has 0 amide bonds. The first kappa shape index (κ1) is 17.4. The summed E-state index contributed by atoms with van der Waals surface area (Å²) in [5.74, 6) is 1.91. The molecule has 0 saturated carbocycles. The minimum absolute atomic E-state index is 0.123. The molecule has 5 rings (SSSR count). The van der Waals surface area contributed by atoms with Crippen molar-refractivity contribution in [3.63, 3.8) is 0 Å². The molecule has 1 unspecified atom stereocenters. The van der Waals surface area contributed by atoms with E-state index in [0.29, 0.717) is 0 Å². The Morgan fingerprint density at radius 3 is 2.82 bits per heavy atom. The van der Waals surface area contributed by atoms with E-state index in [1.54, 1.807) is 7.11 Å². The van der Waals surface area contributed by atoms with Gasteiger partial charge in [-0.05, 0) is 40.8 Å². The molecule has 2 aromatic carbocycles. The Balaban J connectivity index is 1.54. The molecule has 0 spiro atoms. The van der Waals surface area contributed by atoms with Crippen LogP contribution in [0.25, 0.3) is 5.57 Å². The van der Waals surface area contributed by atoms with Gasteiger partial charge in [0.1, 0.15) is 5.75 Å². The van der Waals surface area contributed by atoms with Gasteiger partial charge in [0.2, 0.25) is 0 Å². The summed E-state index contributed by atoms with van der Waals surface area (Å²) in [5, 5.41) is 6.97. The van der Waals surface area contributed by atoms with Crippen LogP contribution in [-0.2, 0) is 12.3 Å². The molecule has 0 saturated heterocycles. The van der Waals surface area contributed by atoms with Crippen LogP contribution in [0.4, 0.5) is 0 Å². The van der Waals surface area contributed by atoms with Gasteiger partial charge >= 0.3 is 0 Å². The van der Waals surface area contributed by atoms with Crippen molar-refractivity contribution in [1.82, 2.24) is 5.01 Å². The molecule has 0 fully saturated rings. The summed E-state index contributed by atoms with van der Waals surface area (Å²) in [6.07, 6.45) is 5.30. The highest BCUT2D eigenvalue weighted by Gasteiger charge is 2.35. The van der Waals surface area contributed by atoms with Gasteiger partial charge in [-0.2, -0.15) is 5.10 Å². The number of fused-ring (bicyclic) bond motifs is 4. The van der Waals surface area contributed by atoms with Gasteiger partial charge in [0.25, 0.3) is 0 Å². The fourth-order valence-corrected chi connectivity index (χ4v) is 5.30. The lowest BCUT2D eigenvalue weighted by Crippen LogP contribution is -2.29. The monoisotopic (exact) mass is 386 g/mol. The second-order valence-electron chi connectivity index (χ2n) is 7.30. The van der Waals surface area contributed by atoms with Crippen molar-refractivity contribution in [3.8, 4) is 5.75 Å². The summed E-state index contributed by atoms with van der Waals surface area (Å²) in [6, 6.07) is 17.1. The van der Waals surface area contributed by atoms with Crippen molar-refractivity contribution < 1.29 is 4.74 Å². The van der Waals surface area contributed by atoms with Gasteiger partial charge in [-0.25, -0.2) is 0 Å². The summed E-state index contributed by atoms with van der Waals surface area (Å²) in [6.45, 7) is 5.18. The molecule has 0 radical (unpaired) electrons. The molecule has 0 bridgehead atoms.